The third-order valence-corrected chi connectivity index (χ3v) is 2.90. The fourth-order valence-corrected chi connectivity index (χ4v) is 1.89. The number of carbonyl (C=O) groups excluding carboxylic acids is 1. The van der Waals surface area contributed by atoms with Crippen LogP contribution in [0.5, 0.6) is 0 Å². The van der Waals surface area contributed by atoms with Crippen molar-refractivity contribution >= 4 is 23.2 Å². The van der Waals surface area contributed by atoms with Crippen LogP contribution in [0.3, 0.4) is 0 Å². The topological polar surface area (TPSA) is 55.1 Å². The molecule has 0 aliphatic heterocycles. The maximum Gasteiger partial charge on any atom is 0.257 e. The predicted octanol–water partition coefficient (Wildman–Crippen LogP) is 2.90. The van der Waals surface area contributed by atoms with Crippen molar-refractivity contribution in [2.45, 2.75) is 0 Å². The number of anilines is 1. The van der Waals surface area contributed by atoms with Gasteiger partial charge in [0, 0.05) is 11.3 Å². The van der Waals surface area contributed by atoms with Gasteiger partial charge in [-0.1, -0.05) is 41.6 Å². The van der Waals surface area contributed by atoms with Crippen LogP contribution in [-0.4, -0.2) is 12.5 Å². The molecular formula is C16H13ClN2O. The van der Waals surface area contributed by atoms with Crippen LogP contribution in [0.25, 0.3) is 0 Å². The fraction of sp³-hybridized carbons (Fsp3) is 0.0625. The zero-order chi connectivity index (χ0) is 14.4. The van der Waals surface area contributed by atoms with Crippen molar-refractivity contribution in [3.63, 3.8) is 0 Å². The fourth-order valence-electron chi connectivity index (χ4n) is 1.67. The molecule has 0 heterocycles. The summed E-state index contributed by atoms with van der Waals surface area (Å²) >= 11 is 5.99. The molecule has 0 radical (unpaired) electrons. The lowest BCUT2D eigenvalue weighted by Crippen LogP contribution is -2.12. The second-order valence-corrected chi connectivity index (χ2v) is 4.43. The zero-order valence-electron chi connectivity index (χ0n) is 10.7. The molecule has 0 atom stereocenters. The number of benzene rings is 2. The molecule has 0 bridgehead atoms. The van der Waals surface area contributed by atoms with E-state index in [4.69, 9.17) is 17.3 Å². The molecular weight excluding hydrogens is 272 g/mol. The van der Waals surface area contributed by atoms with Crippen molar-refractivity contribution in [2.75, 3.05) is 11.9 Å². The molecule has 0 aliphatic carbocycles. The van der Waals surface area contributed by atoms with Gasteiger partial charge in [-0.2, -0.15) is 0 Å². The van der Waals surface area contributed by atoms with Gasteiger partial charge in [0.05, 0.1) is 17.1 Å². The van der Waals surface area contributed by atoms with E-state index in [-0.39, 0.29) is 5.91 Å². The molecule has 0 spiro atoms. The van der Waals surface area contributed by atoms with Gasteiger partial charge in [-0.15, -0.1) is 0 Å². The number of nitrogens with two attached hydrogens (primary N) is 1. The van der Waals surface area contributed by atoms with E-state index in [2.05, 4.69) is 17.2 Å². The van der Waals surface area contributed by atoms with Crippen LogP contribution in [-0.2, 0) is 0 Å². The van der Waals surface area contributed by atoms with Crippen LogP contribution in [0.4, 0.5) is 5.69 Å². The average Bonchev–Trinajstić information content (AvgIpc) is 2.46. The SMILES string of the molecule is NCC#Cc1cccc(NC(=O)c2ccccc2Cl)c1. The Kier molecular flexibility index (Phi) is 4.78. The number of nitrogens with one attached hydrogen (secondary N) is 1. The highest BCUT2D eigenvalue weighted by atomic mass is 35.5. The van der Waals surface area contributed by atoms with Gasteiger partial charge in [0.25, 0.3) is 5.91 Å². The summed E-state index contributed by atoms with van der Waals surface area (Å²) in [5.41, 5.74) is 7.23. The van der Waals surface area contributed by atoms with Crippen molar-refractivity contribution in [3.8, 4) is 11.8 Å². The molecule has 2 aromatic carbocycles. The van der Waals surface area contributed by atoms with Crippen LogP contribution in [0, 0.1) is 11.8 Å². The molecule has 2 rings (SSSR count). The molecule has 20 heavy (non-hydrogen) atoms. The standard InChI is InChI=1S/C16H13ClN2O/c17-15-9-2-1-8-14(15)16(20)19-13-7-3-5-12(11-13)6-4-10-18/h1-3,5,7-9,11H,10,18H2,(H,19,20). The van der Waals surface area contributed by atoms with E-state index in [0.717, 1.165) is 5.56 Å². The third kappa shape index (κ3) is 3.61. The highest BCUT2D eigenvalue weighted by Gasteiger charge is 2.09. The summed E-state index contributed by atoms with van der Waals surface area (Å²) in [5.74, 6) is 5.44. The molecule has 100 valence electrons. The number of hydrogen-bond acceptors (Lipinski definition) is 2. The summed E-state index contributed by atoms with van der Waals surface area (Å²) < 4.78 is 0. The Hall–Kier alpha value is -2.28. The summed E-state index contributed by atoms with van der Waals surface area (Å²) in [6.07, 6.45) is 0. The molecule has 4 heteroatoms. The monoisotopic (exact) mass is 284 g/mol. The molecule has 1 amide bonds. The molecule has 0 unspecified atom stereocenters. The lowest BCUT2D eigenvalue weighted by Gasteiger charge is -2.06. The molecule has 0 aromatic heterocycles. The number of halogens is 1. The largest absolute Gasteiger partial charge is 0.322 e. The van der Waals surface area contributed by atoms with E-state index in [1.54, 1.807) is 36.4 Å². The van der Waals surface area contributed by atoms with E-state index < -0.39 is 0 Å². The minimum atomic E-state index is -0.250. The van der Waals surface area contributed by atoms with E-state index in [0.29, 0.717) is 22.8 Å². The van der Waals surface area contributed by atoms with Crippen LogP contribution in [0.1, 0.15) is 15.9 Å². The normalized spacial score (nSPS) is 9.50. The molecule has 0 aliphatic rings. The van der Waals surface area contributed by atoms with E-state index >= 15 is 0 Å². The van der Waals surface area contributed by atoms with Crippen LogP contribution >= 0.6 is 11.6 Å². The minimum Gasteiger partial charge on any atom is -0.322 e. The van der Waals surface area contributed by atoms with E-state index in [1.165, 1.54) is 0 Å². The van der Waals surface area contributed by atoms with Crippen molar-refractivity contribution in [1.82, 2.24) is 0 Å². The summed E-state index contributed by atoms with van der Waals surface area (Å²) in [7, 11) is 0. The van der Waals surface area contributed by atoms with Crippen LogP contribution < -0.4 is 11.1 Å². The molecule has 0 saturated heterocycles. The quantitative estimate of drug-likeness (QED) is 0.833. The molecule has 0 fully saturated rings. The molecule has 2 aromatic rings. The van der Waals surface area contributed by atoms with E-state index in [9.17, 15) is 4.79 Å². The first-order valence-corrected chi connectivity index (χ1v) is 6.43. The molecule has 3 N–H and O–H groups in total. The Balaban J connectivity index is 2.18. The lowest BCUT2D eigenvalue weighted by molar-refractivity contribution is 0.102. The summed E-state index contributed by atoms with van der Waals surface area (Å²) in [6.45, 7) is 0.302. The summed E-state index contributed by atoms with van der Waals surface area (Å²) in [6, 6.07) is 14.2. The summed E-state index contributed by atoms with van der Waals surface area (Å²) in [4.78, 5) is 12.1. The van der Waals surface area contributed by atoms with Gasteiger partial charge >= 0.3 is 0 Å². The first kappa shape index (κ1) is 14.1. The second-order valence-electron chi connectivity index (χ2n) is 4.02. The first-order valence-electron chi connectivity index (χ1n) is 6.05. The Labute approximate surface area is 122 Å². The van der Waals surface area contributed by atoms with E-state index in [1.807, 2.05) is 12.1 Å². The minimum absolute atomic E-state index is 0.250. The smallest absolute Gasteiger partial charge is 0.257 e. The Morgan fingerprint density at radius 3 is 2.75 bits per heavy atom. The Bertz CT molecular complexity index is 686. The van der Waals surface area contributed by atoms with Gasteiger partial charge in [0.15, 0.2) is 0 Å². The Morgan fingerprint density at radius 1 is 1.20 bits per heavy atom. The summed E-state index contributed by atoms with van der Waals surface area (Å²) in [5, 5.41) is 3.21. The number of amides is 1. The van der Waals surface area contributed by atoms with Gasteiger partial charge in [-0.05, 0) is 30.3 Å². The maximum atomic E-state index is 12.1. The molecule has 3 nitrogen and oxygen atoms in total. The first-order chi connectivity index (χ1) is 9.70. The number of carbonyl (C=O) groups is 1. The van der Waals surface area contributed by atoms with Crippen molar-refractivity contribution in [1.29, 1.82) is 0 Å². The van der Waals surface area contributed by atoms with Crippen LogP contribution in [0.2, 0.25) is 5.02 Å². The van der Waals surface area contributed by atoms with Gasteiger partial charge in [-0.3, -0.25) is 4.79 Å². The van der Waals surface area contributed by atoms with Crippen molar-refractivity contribution in [2.24, 2.45) is 5.73 Å². The van der Waals surface area contributed by atoms with Gasteiger partial charge in [-0.25, -0.2) is 0 Å². The van der Waals surface area contributed by atoms with Crippen molar-refractivity contribution in [3.05, 3.63) is 64.7 Å². The second kappa shape index (κ2) is 6.76. The maximum absolute atomic E-state index is 12.1. The third-order valence-electron chi connectivity index (χ3n) is 2.57. The van der Waals surface area contributed by atoms with Gasteiger partial charge < -0.3 is 11.1 Å². The van der Waals surface area contributed by atoms with Crippen molar-refractivity contribution < 1.29 is 4.79 Å². The van der Waals surface area contributed by atoms with Gasteiger partial charge in [0.1, 0.15) is 0 Å². The highest BCUT2D eigenvalue weighted by Crippen LogP contribution is 2.17. The Morgan fingerprint density at radius 2 is 2.00 bits per heavy atom. The highest BCUT2D eigenvalue weighted by molar-refractivity contribution is 6.34. The predicted molar refractivity (Wildman–Crippen MR) is 81.8 cm³/mol. The lowest BCUT2D eigenvalue weighted by atomic mass is 10.1. The number of rotatable bonds is 2. The van der Waals surface area contributed by atoms with Crippen LogP contribution in [0.15, 0.2) is 48.5 Å². The van der Waals surface area contributed by atoms with Gasteiger partial charge in [0.2, 0.25) is 0 Å². The zero-order valence-corrected chi connectivity index (χ0v) is 11.4. The number of hydrogen-bond donors (Lipinski definition) is 2. The molecule has 0 saturated carbocycles. The average molecular weight is 285 g/mol.